The highest BCUT2D eigenvalue weighted by molar-refractivity contribution is 5.50. The van der Waals surface area contributed by atoms with Crippen molar-refractivity contribution in [1.29, 1.82) is 0 Å². The second-order valence-corrected chi connectivity index (χ2v) is 6.17. The van der Waals surface area contributed by atoms with Crippen LogP contribution in [0.1, 0.15) is 43.7 Å². The summed E-state index contributed by atoms with van der Waals surface area (Å²) >= 11 is 0. The monoisotopic (exact) mass is 271 g/mol. The van der Waals surface area contributed by atoms with Crippen LogP contribution in [0.3, 0.4) is 0 Å². The number of rotatable bonds is 3. The largest absolute Gasteiger partial charge is 0.497 e. The third kappa shape index (κ3) is 1.93. The topological polar surface area (TPSA) is 12.5 Å². The maximum absolute atomic E-state index is 5.48. The van der Waals surface area contributed by atoms with E-state index in [0.717, 1.165) is 12.2 Å². The molecule has 2 heteroatoms. The fourth-order valence-corrected chi connectivity index (χ4v) is 4.18. The van der Waals surface area contributed by atoms with Gasteiger partial charge in [-0.05, 0) is 48.9 Å². The quantitative estimate of drug-likeness (QED) is 0.826. The Bertz CT molecular complexity index is 530. The first-order valence-electron chi connectivity index (χ1n) is 7.80. The summed E-state index contributed by atoms with van der Waals surface area (Å²) in [6.45, 7) is 3.49. The lowest BCUT2D eigenvalue weighted by atomic mass is 9.64. The van der Waals surface area contributed by atoms with Gasteiger partial charge in [0.15, 0.2) is 0 Å². The molecule has 0 N–H and O–H groups in total. The van der Waals surface area contributed by atoms with Gasteiger partial charge >= 0.3 is 0 Å². The summed E-state index contributed by atoms with van der Waals surface area (Å²) in [5, 5.41) is 0. The van der Waals surface area contributed by atoms with Crippen LogP contribution in [0.2, 0.25) is 0 Å². The highest BCUT2D eigenvalue weighted by atomic mass is 16.5. The molecule has 0 bridgehead atoms. The number of fused-ring (bicyclic) bond motifs is 3. The van der Waals surface area contributed by atoms with Crippen molar-refractivity contribution in [3.05, 3.63) is 41.1 Å². The van der Waals surface area contributed by atoms with Crippen LogP contribution in [0.15, 0.2) is 30.0 Å². The molecule has 0 spiro atoms. The lowest BCUT2D eigenvalue weighted by Gasteiger charge is -2.48. The summed E-state index contributed by atoms with van der Waals surface area (Å²) in [4.78, 5) is 2.47. The first-order chi connectivity index (χ1) is 9.71. The molecular formula is C18H25NO. The predicted octanol–water partition coefficient (Wildman–Crippen LogP) is 3.90. The molecule has 1 aromatic rings. The number of ether oxygens (including phenoxy) is 1. The molecule has 0 amide bonds. The maximum atomic E-state index is 5.48. The van der Waals surface area contributed by atoms with Crippen LogP contribution < -0.4 is 4.74 Å². The van der Waals surface area contributed by atoms with Crippen LogP contribution >= 0.6 is 0 Å². The molecule has 1 atom stereocenters. The Kier molecular flexibility index (Phi) is 3.49. The third-order valence-electron chi connectivity index (χ3n) is 5.02. The van der Waals surface area contributed by atoms with Crippen molar-refractivity contribution >= 4 is 0 Å². The van der Waals surface area contributed by atoms with E-state index in [-0.39, 0.29) is 5.41 Å². The smallest absolute Gasteiger partial charge is 0.119 e. The molecular weight excluding hydrogens is 246 g/mol. The summed E-state index contributed by atoms with van der Waals surface area (Å²) in [6.07, 6.45) is 8.54. The molecule has 0 unspecified atom stereocenters. The second kappa shape index (κ2) is 5.16. The Labute approximate surface area is 122 Å². The molecule has 0 saturated carbocycles. The molecule has 1 heterocycles. The third-order valence-corrected chi connectivity index (χ3v) is 5.02. The SMILES string of the molecule is CCC[C@@]12CCCN(C)C1=CCc1ccc(OC)cc12. The molecule has 2 aliphatic rings. The van der Waals surface area contributed by atoms with E-state index in [1.54, 1.807) is 12.8 Å². The molecule has 0 radical (unpaired) electrons. The van der Waals surface area contributed by atoms with E-state index >= 15 is 0 Å². The van der Waals surface area contributed by atoms with Crippen molar-refractivity contribution < 1.29 is 4.74 Å². The van der Waals surface area contributed by atoms with Gasteiger partial charge in [0.1, 0.15) is 5.75 Å². The second-order valence-electron chi connectivity index (χ2n) is 6.17. The van der Waals surface area contributed by atoms with E-state index in [4.69, 9.17) is 4.74 Å². The number of hydrogen-bond acceptors (Lipinski definition) is 2. The van der Waals surface area contributed by atoms with Crippen LogP contribution in [-0.2, 0) is 11.8 Å². The van der Waals surface area contributed by atoms with Crippen molar-refractivity contribution in [3.8, 4) is 5.75 Å². The van der Waals surface area contributed by atoms with Crippen molar-refractivity contribution in [1.82, 2.24) is 4.90 Å². The van der Waals surface area contributed by atoms with Gasteiger partial charge in [-0.1, -0.05) is 25.5 Å². The Balaban J connectivity index is 2.15. The number of piperidine rings is 1. The summed E-state index contributed by atoms with van der Waals surface area (Å²) in [7, 11) is 4.02. The standard InChI is InChI=1S/C18H25NO/c1-4-10-18-11-5-12-19(2)17(18)9-7-14-6-8-15(20-3)13-16(14)18/h6,8-9,13H,4-5,7,10-12H2,1-3H3/t18-/m0/s1. The molecule has 1 aliphatic carbocycles. The zero-order chi connectivity index (χ0) is 14.2. The van der Waals surface area contributed by atoms with Crippen molar-refractivity contribution in [2.45, 2.75) is 44.4 Å². The zero-order valence-corrected chi connectivity index (χ0v) is 12.9. The zero-order valence-electron chi connectivity index (χ0n) is 12.9. The fourth-order valence-electron chi connectivity index (χ4n) is 4.18. The maximum Gasteiger partial charge on any atom is 0.119 e. The van der Waals surface area contributed by atoms with Crippen LogP contribution in [0.5, 0.6) is 5.75 Å². The Morgan fingerprint density at radius 3 is 2.95 bits per heavy atom. The van der Waals surface area contributed by atoms with E-state index < -0.39 is 0 Å². The van der Waals surface area contributed by atoms with Gasteiger partial charge in [-0.25, -0.2) is 0 Å². The van der Waals surface area contributed by atoms with E-state index in [1.807, 2.05) is 0 Å². The molecule has 3 rings (SSSR count). The van der Waals surface area contributed by atoms with Gasteiger partial charge in [0.25, 0.3) is 0 Å². The van der Waals surface area contributed by atoms with Gasteiger partial charge in [-0.3, -0.25) is 0 Å². The fraction of sp³-hybridized carbons (Fsp3) is 0.556. The summed E-state index contributed by atoms with van der Waals surface area (Å²) in [5.41, 5.74) is 4.77. The van der Waals surface area contributed by atoms with E-state index in [9.17, 15) is 0 Å². The number of allylic oxidation sites excluding steroid dienone is 2. The highest BCUT2D eigenvalue weighted by Crippen LogP contribution is 2.49. The number of nitrogens with zero attached hydrogens (tertiary/aromatic N) is 1. The normalized spacial score (nSPS) is 24.8. The Morgan fingerprint density at radius 2 is 2.20 bits per heavy atom. The lowest BCUT2D eigenvalue weighted by molar-refractivity contribution is 0.227. The van der Waals surface area contributed by atoms with Crippen LogP contribution in [0, 0.1) is 0 Å². The average Bonchev–Trinajstić information content (AvgIpc) is 2.47. The lowest BCUT2D eigenvalue weighted by Crippen LogP contribution is -2.44. The first kappa shape index (κ1) is 13.5. The van der Waals surface area contributed by atoms with E-state index in [0.29, 0.717) is 0 Å². The highest BCUT2D eigenvalue weighted by Gasteiger charge is 2.42. The predicted molar refractivity (Wildman–Crippen MR) is 83.2 cm³/mol. The van der Waals surface area contributed by atoms with Crippen molar-refractivity contribution in [2.75, 3.05) is 20.7 Å². The van der Waals surface area contributed by atoms with Gasteiger partial charge in [0, 0.05) is 24.7 Å². The van der Waals surface area contributed by atoms with Crippen molar-refractivity contribution in [2.24, 2.45) is 0 Å². The Hall–Kier alpha value is -1.44. The van der Waals surface area contributed by atoms with E-state index in [2.05, 4.69) is 43.1 Å². The number of hydrogen-bond donors (Lipinski definition) is 0. The minimum absolute atomic E-state index is 0.226. The average molecular weight is 271 g/mol. The van der Waals surface area contributed by atoms with Gasteiger partial charge in [-0.2, -0.15) is 0 Å². The molecule has 1 fully saturated rings. The summed E-state index contributed by atoms with van der Waals surface area (Å²) < 4.78 is 5.48. The number of likely N-dealkylation sites (N-methyl/N-ethyl adjacent to an activating group) is 1. The molecule has 1 aliphatic heterocycles. The summed E-state index contributed by atoms with van der Waals surface area (Å²) in [6, 6.07) is 6.65. The molecule has 1 saturated heterocycles. The van der Waals surface area contributed by atoms with Crippen molar-refractivity contribution in [3.63, 3.8) is 0 Å². The number of benzene rings is 1. The number of likely N-dealkylation sites (tertiary alicyclic amines) is 1. The van der Waals surface area contributed by atoms with Gasteiger partial charge < -0.3 is 9.64 Å². The Morgan fingerprint density at radius 1 is 1.35 bits per heavy atom. The number of methoxy groups -OCH3 is 1. The van der Waals surface area contributed by atoms with Crippen LogP contribution in [-0.4, -0.2) is 25.6 Å². The van der Waals surface area contributed by atoms with Gasteiger partial charge in [0.05, 0.1) is 7.11 Å². The molecule has 1 aromatic carbocycles. The molecule has 0 aromatic heterocycles. The van der Waals surface area contributed by atoms with Crippen LogP contribution in [0.25, 0.3) is 0 Å². The first-order valence-corrected chi connectivity index (χ1v) is 7.80. The molecule has 108 valence electrons. The molecule has 2 nitrogen and oxygen atoms in total. The van der Waals surface area contributed by atoms with Gasteiger partial charge in [-0.15, -0.1) is 0 Å². The molecule has 20 heavy (non-hydrogen) atoms. The minimum Gasteiger partial charge on any atom is -0.497 e. The van der Waals surface area contributed by atoms with Crippen LogP contribution in [0.4, 0.5) is 0 Å². The minimum atomic E-state index is 0.226. The van der Waals surface area contributed by atoms with E-state index in [1.165, 1.54) is 43.4 Å². The van der Waals surface area contributed by atoms with Gasteiger partial charge in [0.2, 0.25) is 0 Å². The summed E-state index contributed by atoms with van der Waals surface area (Å²) in [5.74, 6) is 0.994.